The second-order valence-corrected chi connectivity index (χ2v) is 12.4. The molecule has 0 heterocycles. The van der Waals surface area contributed by atoms with Crippen LogP contribution in [-0.2, 0) is 0 Å². The maximum Gasteiger partial charge on any atom is 0.152 e. The van der Waals surface area contributed by atoms with Crippen LogP contribution in [0.2, 0.25) is 0 Å². The molecule has 18 heteroatoms. The molecule has 16 nitrogen and oxygen atoms in total. The standard InChI is InChI=1S/C27H31N5O11S2/c1-15-10-18(44(36,37)38)4-5-20(15)29-30-21-13-24(43-9-7-34)22(14-23(21)42-8-6-33)31-32-26-25(45(39,40)41)11-16-2-3-17(28)12-19(16)27(26)35/h2-5,10-14,33-41H,6-9,28H2,1H3. The van der Waals surface area contributed by atoms with Gasteiger partial charge < -0.3 is 57.8 Å². The van der Waals surface area contributed by atoms with Gasteiger partial charge in [-0.3, -0.25) is 0 Å². The van der Waals surface area contributed by atoms with Gasteiger partial charge in [0.25, 0.3) is 0 Å². The lowest BCUT2D eigenvalue weighted by Crippen LogP contribution is -2.04. The van der Waals surface area contributed by atoms with Crippen LogP contribution in [0.3, 0.4) is 0 Å². The second-order valence-electron chi connectivity index (χ2n) is 9.37. The van der Waals surface area contributed by atoms with Crippen LogP contribution >= 0.6 is 21.7 Å². The fraction of sp³-hybridized carbons (Fsp3) is 0.185. The monoisotopic (exact) mass is 665 g/mol. The normalized spacial score (nSPS) is 13.2. The molecule has 0 fully saturated rings. The van der Waals surface area contributed by atoms with Gasteiger partial charge in [0.1, 0.15) is 63.5 Å². The number of rotatable bonds is 12. The molecule has 0 bridgehead atoms. The highest BCUT2D eigenvalue weighted by molar-refractivity contribution is 8.19. The maximum absolute atomic E-state index is 11.0. The number of aliphatic hydroxyl groups excluding tert-OH is 2. The Balaban J connectivity index is 1.83. The summed E-state index contributed by atoms with van der Waals surface area (Å²) >= 11 is 0. The number of nitrogens with two attached hydrogens (primary N) is 1. The predicted octanol–water partition coefficient (Wildman–Crippen LogP) is 7.17. The third kappa shape index (κ3) is 8.15. The van der Waals surface area contributed by atoms with Crippen LogP contribution in [0.4, 0.5) is 28.4 Å². The van der Waals surface area contributed by atoms with Crippen LogP contribution in [-0.4, -0.2) is 69.1 Å². The van der Waals surface area contributed by atoms with E-state index in [-0.39, 0.29) is 59.6 Å². The minimum atomic E-state index is -4.39. The molecule has 0 aliphatic carbocycles. The number of hydrogen-bond donors (Lipinski definition) is 10. The predicted molar refractivity (Wildman–Crippen MR) is 169 cm³/mol. The summed E-state index contributed by atoms with van der Waals surface area (Å²) in [6, 6.07) is 12.3. The van der Waals surface area contributed by atoms with Gasteiger partial charge in [0.15, 0.2) is 5.75 Å². The van der Waals surface area contributed by atoms with E-state index in [9.17, 15) is 42.6 Å². The zero-order valence-corrected chi connectivity index (χ0v) is 25.2. The smallest absolute Gasteiger partial charge is 0.152 e. The number of phenolic OH excluding ortho intramolecular Hbond substituents is 1. The van der Waals surface area contributed by atoms with Crippen LogP contribution in [0, 0.1) is 6.92 Å². The van der Waals surface area contributed by atoms with E-state index in [1.54, 1.807) is 6.92 Å². The topological polar surface area (TPSA) is 276 Å². The Labute approximate surface area is 259 Å². The minimum Gasteiger partial charge on any atom is -0.505 e. The van der Waals surface area contributed by atoms with Gasteiger partial charge in [0.05, 0.1) is 28.7 Å². The van der Waals surface area contributed by atoms with E-state index in [4.69, 9.17) is 15.2 Å². The average Bonchev–Trinajstić information content (AvgIpc) is 2.97. The largest absolute Gasteiger partial charge is 0.505 e. The molecule has 0 radical (unpaired) electrons. The molecule has 4 rings (SSSR count). The van der Waals surface area contributed by atoms with Gasteiger partial charge in [-0.15, -0.1) is 15.3 Å². The molecule has 4 aromatic rings. The number of aromatic hydroxyl groups is 1. The molecule has 0 amide bonds. The number of azo groups is 2. The number of benzene rings is 4. The molecule has 0 aliphatic rings. The Bertz CT molecular complexity index is 1760. The number of fused-ring (bicyclic) bond motifs is 1. The average molecular weight is 666 g/mol. The highest BCUT2D eigenvalue weighted by Gasteiger charge is 2.26. The Morgan fingerprint density at radius 1 is 0.689 bits per heavy atom. The van der Waals surface area contributed by atoms with E-state index in [1.165, 1.54) is 54.6 Å². The van der Waals surface area contributed by atoms with E-state index in [0.29, 0.717) is 22.3 Å². The van der Waals surface area contributed by atoms with Crippen molar-refractivity contribution in [2.75, 3.05) is 32.2 Å². The van der Waals surface area contributed by atoms with Crippen LogP contribution < -0.4 is 15.2 Å². The van der Waals surface area contributed by atoms with E-state index >= 15 is 0 Å². The number of aliphatic hydroxyl groups is 2. The number of nitrogen functional groups attached to an aromatic ring is 1. The van der Waals surface area contributed by atoms with E-state index in [0.717, 1.165) is 0 Å². The molecule has 11 N–H and O–H groups in total. The quantitative estimate of drug-likeness (QED) is 0.0532. The summed E-state index contributed by atoms with van der Waals surface area (Å²) in [6.45, 7) is 0.510. The molecule has 242 valence electrons. The summed E-state index contributed by atoms with van der Waals surface area (Å²) in [5.41, 5.74) is 6.47. The molecule has 0 saturated heterocycles. The van der Waals surface area contributed by atoms with Crippen LogP contribution in [0.5, 0.6) is 17.2 Å². The van der Waals surface area contributed by atoms with Crippen LogP contribution in [0.15, 0.2) is 84.8 Å². The van der Waals surface area contributed by atoms with E-state index < -0.39 is 38.1 Å². The molecule has 0 aliphatic heterocycles. The molecular weight excluding hydrogens is 634 g/mol. The van der Waals surface area contributed by atoms with Crippen molar-refractivity contribution in [3.63, 3.8) is 0 Å². The van der Waals surface area contributed by atoms with Gasteiger partial charge in [-0.25, -0.2) is 0 Å². The van der Waals surface area contributed by atoms with E-state index in [1.807, 2.05) is 0 Å². The number of ether oxygens (including phenoxy) is 2. The van der Waals surface area contributed by atoms with Crippen molar-refractivity contribution in [1.29, 1.82) is 0 Å². The van der Waals surface area contributed by atoms with Crippen molar-refractivity contribution in [1.82, 2.24) is 0 Å². The lowest BCUT2D eigenvalue weighted by atomic mass is 10.1. The van der Waals surface area contributed by atoms with Crippen molar-refractivity contribution in [3.8, 4) is 17.2 Å². The molecule has 0 spiro atoms. The summed E-state index contributed by atoms with van der Waals surface area (Å²) in [6.07, 6.45) is 0. The first kappa shape index (κ1) is 33.8. The fourth-order valence-electron chi connectivity index (χ4n) is 4.02. The molecule has 45 heavy (non-hydrogen) atoms. The molecule has 0 aromatic heterocycles. The molecular formula is C27H31N5O11S2. The van der Waals surface area contributed by atoms with Crippen molar-refractivity contribution < 1.29 is 52.1 Å². The van der Waals surface area contributed by atoms with Crippen molar-refractivity contribution >= 4 is 61.0 Å². The van der Waals surface area contributed by atoms with Gasteiger partial charge in [-0.05, 0) is 54.3 Å². The number of nitrogens with zero attached hydrogens (tertiary/aromatic N) is 4. The van der Waals surface area contributed by atoms with Gasteiger partial charge in [0, 0.05) is 23.2 Å². The van der Waals surface area contributed by atoms with E-state index in [2.05, 4.69) is 20.5 Å². The first-order chi connectivity index (χ1) is 21.2. The second kappa shape index (κ2) is 13.9. The third-order valence-corrected chi connectivity index (χ3v) is 7.91. The van der Waals surface area contributed by atoms with Crippen LogP contribution in [0.25, 0.3) is 10.8 Å². The SMILES string of the molecule is Cc1cc(S(O)(O)O)ccc1N=Nc1cc(OCCO)c(N=Nc2c(S(O)(O)O)cc3ccc(N)cc3c2O)cc1OCCO. The lowest BCUT2D eigenvalue weighted by Gasteiger charge is -2.22. The molecule has 0 atom stereocenters. The highest BCUT2D eigenvalue weighted by atomic mass is 32.3. The summed E-state index contributed by atoms with van der Waals surface area (Å²) in [5, 5.41) is 46.7. The summed E-state index contributed by atoms with van der Waals surface area (Å²) in [4.78, 5) is -0.614. The molecule has 0 unspecified atom stereocenters. The van der Waals surface area contributed by atoms with Crippen molar-refractivity contribution in [3.05, 3.63) is 60.2 Å². The Morgan fingerprint density at radius 2 is 1.27 bits per heavy atom. The molecule has 0 saturated carbocycles. The number of phenols is 1. The fourth-order valence-corrected chi connectivity index (χ4v) is 5.29. The van der Waals surface area contributed by atoms with Crippen LogP contribution in [0.1, 0.15) is 5.56 Å². The third-order valence-electron chi connectivity index (χ3n) is 6.12. The number of anilines is 1. The van der Waals surface area contributed by atoms with Gasteiger partial charge >= 0.3 is 0 Å². The zero-order valence-electron chi connectivity index (χ0n) is 23.5. The number of aryl methyl sites for hydroxylation is 1. The number of hydrogen-bond acceptors (Lipinski definition) is 16. The summed E-state index contributed by atoms with van der Waals surface area (Å²) in [5.74, 6) is -0.503. The first-order valence-corrected chi connectivity index (χ1v) is 15.9. The van der Waals surface area contributed by atoms with Gasteiger partial charge in [-0.2, -0.15) is 5.11 Å². The van der Waals surface area contributed by atoms with Crippen molar-refractivity contribution in [2.45, 2.75) is 16.7 Å². The molecule has 4 aromatic carbocycles. The maximum atomic E-state index is 11.0. The Morgan fingerprint density at radius 3 is 1.80 bits per heavy atom. The summed E-state index contributed by atoms with van der Waals surface area (Å²) < 4.78 is 70.0. The Hall–Kier alpha value is -4.08. The first-order valence-electron chi connectivity index (χ1n) is 12.9. The highest BCUT2D eigenvalue weighted by Crippen LogP contribution is 2.54. The van der Waals surface area contributed by atoms with Gasteiger partial charge in [0.2, 0.25) is 0 Å². The van der Waals surface area contributed by atoms with Gasteiger partial charge in [-0.1, -0.05) is 6.07 Å². The van der Waals surface area contributed by atoms with Crippen molar-refractivity contribution in [2.24, 2.45) is 20.5 Å². The Kier molecular flexibility index (Phi) is 10.5. The summed E-state index contributed by atoms with van der Waals surface area (Å²) in [7, 11) is -8.32. The lowest BCUT2D eigenvalue weighted by molar-refractivity contribution is 0.198. The zero-order chi connectivity index (χ0) is 32.9. The minimum absolute atomic E-state index is 0.000993.